The Balaban J connectivity index is 0.653. The summed E-state index contributed by atoms with van der Waals surface area (Å²) in [5.74, 6) is 0. The van der Waals surface area contributed by atoms with Gasteiger partial charge in [0.2, 0.25) is 0 Å². The molecule has 0 radical (unpaired) electrons. The monoisotopic (exact) mass is 1230 g/mol. The Kier molecular flexibility index (Phi) is 14.3. The first kappa shape index (κ1) is 56.6. The van der Waals surface area contributed by atoms with Gasteiger partial charge in [-0.3, -0.25) is 0 Å². The molecule has 0 amide bonds. The van der Waals surface area contributed by atoms with Crippen molar-refractivity contribution in [3.8, 4) is 136 Å². The molecule has 17 rings (SSSR count). The van der Waals surface area contributed by atoms with Crippen LogP contribution in [-0.2, 0) is 0 Å². The van der Waals surface area contributed by atoms with Gasteiger partial charge in [-0.25, -0.2) is 19.9 Å². The summed E-state index contributed by atoms with van der Waals surface area (Å²) in [7, 11) is 0. The zero-order valence-electron chi connectivity index (χ0n) is 51.6. The third-order valence-electron chi connectivity index (χ3n) is 17.8. The van der Waals surface area contributed by atoms with E-state index in [1.807, 2.05) is 133 Å². The van der Waals surface area contributed by atoms with Gasteiger partial charge in [0.25, 0.3) is 0 Å². The average molecular weight is 1230 g/mol. The lowest BCUT2D eigenvalue weighted by atomic mass is 9.95. The van der Waals surface area contributed by atoms with Gasteiger partial charge in [0, 0.05) is 78.2 Å². The third-order valence-corrected chi connectivity index (χ3v) is 17.8. The molecule has 446 valence electrons. The van der Waals surface area contributed by atoms with E-state index in [0.29, 0.717) is 5.56 Å². The molecule has 0 aliphatic rings. The van der Waals surface area contributed by atoms with Crippen LogP contribution in [0.15, 0.2) is 330 Å². The fraction of sp³-hybridized carbons (Fsp3) is 0. The topological polar surface area (TPSA) is 106 Å². The molecule has 17 aromatic rings. The summed E-state index contributed by atoms with van der Waals surface area (Å²) in [6.07, 6.45) is 0. The molecule has 0 spiro atoms. The minimum absolute atomic E-state index is 0.621. The Morgan fingerprint density at radius 1 is 0.250 bits per heavy atom. The maximum Gasteiger partial charge on any atom is 0.340 e. The van der Waals surface area contributed by atoms with Crippen LogP contribution in [0.1, 0.15) is 11.1 Å². The molecular weight excluding hydrogens is 1170 g/mol. The van der Waals surface area contributed by atoms with E-state index in [9.17, 15) is 5.26 Å². The van der Waals surface area contributed by atoms with Crippen LogP contribution in [0.4, 0.5) is 5.69 Å². The first-order valence-electron chi connectivity index (χ1n) is 31.8. The zero-order chi connectivity index (χ0) is 63.9. The van der Waals surface area contributed by atoms with Gasteiger partial charge in [0.05, 0.1) is 57.2 Å². The molecule has 0 aliphatic carbocycles. The fourth-order valence-corrected chi connectivity index (χ4v) is 12.9. The van der Waals surface area contributed by atoms with Crippen LogP contribution in [0.2, 0.25) is 0 Å². The van der Waals surface area contributed by atoms with Crippen LogP contribution in [0, 0.1) is 17.4 Å². The largest absolute Gasteiger partial charge is 0.456 e. The standard InChI is InChI=1S/C88H53N6O2/c89-54-56-27-31-58(32-28-56)62-39-43-67(44-40-62)85-87(70-49-52-73-72-21-10-12-24-76(72)96-79(73)53-70)93-84(82(91-85)65-17-6-2-7-18-65)69-47-50-71(51-48-69)90-55-57-29-33-59(34-30-57)60-35-37-61(38-36-60)63-41-45-68(46-42-63)86-88(75-23-14-26-78-80(75)74-22-11-13-25-77(74)95-78)94-83(66-19-8-3-9-20-66)81(92-86)64-15-4-1-5-16-64/h1-53H/q+1. The van der Waals surface area contributed by atoms with E-state index in [2.05, 4.69) is 200 Å². The van der Waals surface area contributed by atoms with Gasteiger partial charge in [0.1, 0.15) is 27.9 Å². The van der Waals surface area contributed by atoms with E-state index in [1.165, 1.54) is 0 Å². The summed E-state index contributed by atoms with van der Waals surface area (Å²) in [6.45, 7) is 0. The van der Waals surface area contributed by atoms with Gasteiger partial charge >= 0.3 is 11.8 Å². The molecule has 0 unspecified atom stereocenters. The summed E-state index contributed by atoms with van der Waals surface area (Å²) in [4.78, 5) is 27.1. The van der Waals surface area contributed by atoms with Crippen molar-refractivity contribution in [2.75, 3.05) is 0 Å². The molecule has 0 saturated heterocycles. The van der Waals surface area contributed by atoms with Crippen molar-refractivity contribution < 1.29 is 8.83 Å². The lowest BCUT2D eigenvalue weighted by molar-refractivity contribution is 0.668. The van der Waals surface area contributed by atoms with Gasteiger partial charge in [-0.05, 0) is 105 Å². The maximum absolute atomic E-state index is 9.42. The molecule has 0 aliphatic heterocycles. The number of nitrogens with zero attached hydrogens (tertiary/aromatic N) is 6. The second-order valence-corrected chi connectivity index (χ2v) is 23.7. The SMILES string of the molecule is N#Cc1ccc(-c2ccc(-c3nc(-c4ccccc4)c(-c4ccc([N+]#Cc5ccc(-c6ccc(-c7ccc(-c8nc(-c9ccccc9)c(-c9ccccc9)nc8-c8cccc9oc%10ccccc%10c89)cc7)cc6)cc5)cc4)nc3-c3ccc4c(c3)oc3ccccc34)cc2)cc1. The number of para-hydroxylation sites is 2. The first-order chi connectivity index (χ1) is 47.5. The van der Waals surface area contributed by atoms with Crippen LogP contribution in [0.3, 0.4) is 0 Å². The highest BCUT2D eigenvalue weighted by Gasteiger charge is 2.25. The van der Waals surface area contributed by atoms with Crippen molar-refractivity contribution in [2.45, 2.75) is 0 Å². The molecule has 0 atom stereocenters. The molecule has 8 nitrogen and oxygen atoms in total. The van der Waals surface area contributed by atoms with Crippen molar-refractivity contribution in [3.05, 3.63) is 337 Å². The number of fused-ring (bicyclic) bond motifs is 6. The summed E-state index contributed by atoms with van der Waals surface area (Å²) in [5.41, 5.74) is 25.5. The predicted octanol–water partition coefficient (Wildman–Crippen LogP) is 23.3. The van der Waals surface area contributed by atoms with E-state index in [1.54, 1.807) is 0 Å². The van der Waals surface area contributed by atoms with Gasteiger partial charge in [-0.15, -0.1) is 0 Å². The predicted molar refractivity (Wildman–Crippen MR) is 389 cm³/mol. The van der Waals surface area contributed by atoms with Crippen LogP contribution in [0.25, 0.3) is 172 Å². The smallest absolute Gasteiger partial charge is 0.340 e. The van der Waals surface area contributed by atoms with Crippen molar-refractivity contribution in [1.29, 1.82) is 5.26 Å². The van der Waals surface area contributed by atoms with Crippen molar-refractivity contribution >= 4 is 49.6 Å². The number of hydrogen-bond acceptors (Lipinski definition) is 7. The summed E-state index contributed by atoms with van der Waals surface area (Å²) >= 11 is 0. The Morgan fingerprint density at radius 3 is 1.07 bits per heavy atom. The van der Waals surface area contributed by atoms with Crippen LogP contribution < -0.4 is 0 Å². The molecule has 0 saturated carbocycles. The normalized spacial score (nSPS) is 11.2. The Labute approximate surface area is 553 Å². The number of nitriles is 1. The van der Waals surface area contributed by atoms with Crippen LogP contribution in [-0.4, -0.2) is 19.9 Å². The summed E-state index contributed by atoms with van der Waals surface area (Å²) in [5, 5.41) is 13.6. The van der Waals surface area contributed by atoms with E-state index in [-0.39, 0.29) is 0 Å². The highest BCUT2D eigenvalue weighted by atomic mass is 16.3. The molecule has 96 heavy (non-hydrogen) atoms. The third kappa shape index (κ3) is 10.7. The van der Waals surface area contributed by atoms with Gasteiger partial charge in [-0.2, -0.15) is 5.26 Å². The molecule has 0 N–H and O–H groups in total. The molecule has 4 aromatic heterocycles. The Bertz CT molecular complexity index is 5890. The molecule has 8 heteroatoms. The Hall–Kier alpha value is -13.4. The van der Waals surface area contributed by atoms with Gasteiger partial charge in [-0.1, -0.05) is 243 Å². The molecule has 0 fully saturated rings. The number of aromatic nitrogens is 4. The second-order valence-electron chi connectivity index (χ2n) is 23.7. The average Bonchev–Trinajstić information content (AvgIpc) is 1.41. The van der Waals surface area contributed by atoms with Crippen LogP contribution >= 0.6 is 0 Å². The lowest BCUT2D eigenvalue weighted by Crippen LogP contribution is -2.01. The number of hydrogen-bond donors (Lipinski definition) is 0. The second kappa shape index (κ2) is 24.3. The highest BCUT2D eigenvalue weighted by Crippen LogP contribution is 2.44. The van der Waals surface area contributed by atoms with E-state index >= 15 is 0 Å². The van der Waals surface area contributed by atoms with Crippen LogP contribution in [0.5, 0.6) is 0 Å². The fourth-order valence-electron chi connectivity index (χ4n) is 12.9. The van der Waals surface area contributed by atoms with E-state index in [0.717, 1.165) is 179 Å². The molecule has 4 heterocycles. The number of rotatable bonds is 11. The summed E-state index contributed by atoms with van der Waals surface area (Å²) < 4.78 is 12.8. The lowest BCUT2D eigenvalue weighted by Gasteiger charge is -2.17. The van der Waals surface area contributed by atoms with Gasteiger partial charge in [0.15, 0.2) is 0 Å². The zero-order valence-corrected chi connectivity index (χ0v) is 51.6. The van der Waals surface area contributed by atoms with E-state index < -0.39 is 0 Å². The summed E-state index contributed by atoms with van der Waals surface area (Å²) in [6, 6.07) is 115. The maximum atomic E-state index is 9.42. The molecule has 0 bridgehead atoms. The minimum atomic E-state index is 0.621. The Morgan fingerprint density at radius 2 is 0.583 bits per heavy atom. The number of benzene rings is 13. The molecule has 13 aromatic carbocycles. The van der Waals surface area contributed by atoms with Crippen molar-refractivity contribution in [2.24, 2.45) is 0 Å². The number of furan rings is 2. The molecular formula is C88H53N6O2+. The first-order valence-corrected chi connectivity index (χ1v) is 31.8. The van der Waals surface area contributed by atoms with Crippen molar-refractivity contribution in [1.82, 2.24) is 19.9 Å². The highest BCUT2D eigenvalue weighted by molar-refractivity contribution is 6.13. The van der Waals surface area contributed by atoms with E-state index in [4.69, 9.17) is 33.6 Å². The van der Waals surface area contributed by atoms with Gasteiger partial charge < -0.3 is 8.83 Å². The minimum Gasteiger partial charge on any atom is -0.456 e. The van der Waals surface area contributed by atoms with Crippen molar-refractivity contribution in [3.63, 3.8) is 0 Å². The quantitative estimate of drug-likeness (QED) is 0.127.